The van der Waals surface area contributed by atoms with E-state index in [1.54, 1.807) is 36.4 Å². The second kappa shape index (κ2) is 6.41. The van der Waals surface area contributed by atoms with E-state index in [1.165, 1.54) is 11.0 Å². The van der Waals surface area contributed by atoms with Crippen molar-refractivity contribution in [1.82, 2.24) is 0 Å². The fourth-order valence-electron chi connectivity index (χ4n) is 1.97. The third-order valence-corrected chi connectivity index (χ3v) is 3.33. The van der Waals surface area contributed by atoms with Gasteiger partial charge >= 0.3 is 11.9 Å². The predicted molar refractivity (Wildman–Crippen MR) is 82.2 cm³/mol. The molecule has 0 saturated heterocycles. The van der Waals surface area contributed by atoms with E-state index in [-0.39, 0.29) is 12.1 Å². The maximum Gasteiger partial charge on any atom is 0.337 e. The predicted octanol–water partition coefficient (Wildman–Crippen LogP) is 3.37. The number of carboxylic acid groups (broad SMARTS) is 2. The van der Waals surface area contributed by atoms with Crippen LogP contribution in [0.15, 0.2) is 53.0 Å². The molecule has 108 valence electrons. The molecule has 21 heavy (non-hydrogen) atoms. The number of benzene rings is 2. The van der Waals surface area contributed by atoms with E-state index in [2.05, 4.69) is 15.9 Å². The van der Waals surface area contributed by atoms with Crippen LogP contribution >= 0.6 is 15.9 Å². The lowest BCUT2D eigenvalue weighted by molar-refractivity contribution is -0.135. The van der Waals surface area contributed by atoms with Crippen LogP contribution < -0.4 is 4.90 Å². The van der Waals surface area contributed by atoms with Gasteiger partial charge in [-0.15, -0.1) is 0 Å². The first-order valence-electron chi connectivity index (χ1n) is 6.06. The second-order valence-corrected chi connectivity index (χ2v) is 5.20. The van der Waals surface area contributed by atoms with E-state index >= 15 is 0 Å². The van der Waals surface area contributed by atoms with Gasteiger partial charge in [0.2, 0.25) is 0 Å². The Morgan fingerprint density at radius 1 is 1.05 bits per heavy atom. The van der Waals surface area contributed by atoms with Crippen LogP contribution in [0.4, 0.5) is 11.4 Å². The summed E-state index contributed by atoms with van der Waals surface area (Å²) >= 11 is 3.22. The summed E-state index contributed by atoms with van der Waals surface area (Å²) in [5.74, 6) is -2.16. The van der Waals surface area contributed by atoms with Gasteiger partial charge in [-0.3, -0.25) is 4.79 Å². The molecular formula is C15H12BrNO4. The first-order chi connectivity index (χ1) is 9.99. The van der Waals surface area contributed by atoms with Crippen molar-refractivity contribution in [3.63, 3.8) is 0 Å². The number of carbonyl (C=O) groups is 2. The lowest BCUT2D eigenvalue weighted by Gasteiger charge is -2.24. The molecule has 2 rings (SSSR count). The number of carboxylic acids is 2. The molecular weight excluding hydrogens is 338 g/mol. The highest BCUT2D eigenvalue weighted by molar-refractivity contribution is 9.10. The van der Waals surface area contributed by atoms with E-state index in [4.69, 9.17) is 5.11 Å². The topological polar surface area (TPSA) is 77.8 Å². The van der Waals surface area contributed by atoms with Crippen molar-refractivity contribution in [3.8, 4) is 0 Å². The molecule has 0 aliphatic heterocycles. The number of para-hydroxylation sites is 1. The molecule has 0 unspecified atom stereocenters. The quantitative estimate of drug-likeness (QED) is 0.865. The van der Waals surface area contributed by atoms with Gasteiger partial charge in [-0.05, 0) is 30.3 Å². The summed E-state index contributed by atoms with van der Waals surface area (Å²) in [4.78, 5) is 24.0. The van der Waals surface area contributed by atoms with Crippen LogP contribution in [-0.4, -0.2) is 28.7 Å². The number of anilines is 2. The van der Waals surface area contributed by atoms with Gasteiger partial charge in [0, 0.05) is 10.2 Å². The fraction of sp³-hybridized carbons (Fsp3) is 0.0667. The highest BCUT2D eigenvalue weighted by Crippen LogP contribution is 2.30. The van der Waals surface area contributed by atoms with Crippen LogP contribution in [0.5, 0.6) is 0 Å². The summed E-state index contributed by atoms with van der Waals surface area (Å²) in [6.07, 6.45) is 0. The summed E-state index contributed by atoms with van der Waals surface area (Å²) in [5.41, 5.74) is 0.985. The number of aliphatic carboxylic acids is 1. The fourth-order valence-corrected chi connectivity index (χ4v) is 2.33. The van der Waals surface area contributed by atoms with Gasteiger partial charge in [0.1, 0.15) is 6.54 Å². The molecule has 0 aliphatic rings. The van der Waals surface area contributed by atoms with E-state index < -0.39 is 11.9 Å². The van der Waals surface area contributed by atoms with Crippen molar-refractivity contribution >= 4 is 39.2 Å². The summed E-state index contributed by atoms with van der Waals surface area (Å²) < 4.78 is 0.618. The summed E-state index contributed by atoms with van der Waals surface area (Å²) in [5, 5.41) is 18.4. The van der Waals surface area contributed by atoms with Gasteiger partial charge in [-0.25, -0.2) is 4.79 Å². The molecule has 0 aromatic heterocycles. The molecule has 6 heteroatoms. The van der Waals surface area contributed by atoms with Gasteiger partial charge in [0.25, 0.3) is 0 Å². The third-order valence-electron chi connectivity index (χ3n) is 2.84. The molecule has 0 bridgehead atoms. The van der Waals surface area contributed by atoms with Crippen LogP contribution in [0, 0.1) is 0 Å². The lowest BCUT2D eigenvalue weighted by atomic mass is 10.1. The zero-order valence-corrected chi connectivity index (χ0v) is 12.4. The van der Waals surface area contributed by atoms with Crippen LogP contribution in [0.1, 0.15) is 10.4 Å². The lowest BCUT2D eigenvalue weighted by Crippen LogP contribution is -2.26. The van der Waals surface area contributed by atoms with Gasteiger partial charge in [-0.1, -0.05) is 34.1 Å². The minimum absolute atomic E-state index is 0.0366. The molecule has 0 spiro atoms. The first-order valence-corrected chi connectivity index (χ1v) is 6.85. The molecule has 0 saturated carbocycles. The van der Waals surface area contributed by atoms with Crippen molar-refractivity contribution < 1.29 is 19.8 Å². The maximum atomic E-state index is 11.4. The van der Waals surface area contributed by atoms with Gasteiger partial charge in [0.05, 0.1) is 11.3 Å². The summed E-state index contributed by atoms with van der Waals surface area (Å²) in [7, 11) is 0. The van der Waals surface area contributed by atoms with Gasteiger partial charge in [0.15, 0.2) is 0 Å². The first kappa shape index (κ1) is 15.1. The standard InChI is InChI=1S/C15H12BrNO4/c16-10-6-7-13(12(8-10)15(20)21)17(9-14(18)19)11-4-2-1-3-5-11/h1-8H,9H2,(H,18,19)(H,20,21). The molecule has 0 fully saturated rings. The van der Waals surface area contributed by atoms with E-state index in [9.17, 15) is 14.7 Å². The van der Waals surface area contributed by atoms with Crippen molar-refractivity contribution in [1.29, 1.82) is 0 Å². The van der Waals surface area contributed by atoms with E-state index in [0.717, 1.165) is 0 Å². The Balaban J connectivity index is 2.56. The Morgan fingerprint density at radius 2 is 1.71 bits per heavy atom. The van der Waals surface area contributed by atoms with Gasteiger partial charge in [-0.2, -0.15) is 0 Å². The summed E-state index contributed by atoms with van der Waals surface area (Å²) in [6, 6.07) is 13.5. The number of nitrogens with zero attached hydrogens (tertiary/aromatic N) is 1. The van der Waals surface area contributed by atoms with Crippen LogP contribution in [0.2, 0.25) is 0 Å². The van der Waals surface area contributed by atoms with Crippen LogP contribution in [0.25, 0.3) is 0 Å². The molecule has 5 nitrogen and oxygen atoms in total. The highest BCUT2D eigenvalue weighted by atomic mass is 79.9. The van der Waals surface area contributed by atoms with Crippen LogP contribution in [0.3, 0.4) is 0 Å². The average Bonchev–Trinajstić information content (AvgIpc) is 2.45. The Morgan fingerprint density at radius 3 is 2.29 bits per heavy atom. The number of halogens is 1. The molecule has 0 amide bonds. The molecule has 0 heterocycles. The zero-order chi connectivity index (χ0) is 15.4. The Kier molecular flexibility index (Phi) is 4.59. The monoisotopic (exact) mass is 349 g/mol. The molecule has 2 aromatic rings. The Labute approximate surface area is 129 Å². The highest BCUT2D eigenvalue weighted by Gasteiger charge is 2.20. The Bertz CT molecular complexity index is 673. The zero-order valence-electron chi connectivity index (χ0n) is 10.9. The molecule has 0 atom stereocenters. The minimum Gasteiger partial charge on any atom is -0.480 e. The molecule has 2 aromatic carbocycles. The van der Waals surface area contributed by atoms with Crippen molar-refractivity contribution in [2.24, 2.45) is 0 Å². The number of aromatic carboxylic acids is 1. The number of hydrogen-bond acceptors (Lipinski definition) is 3. The van der Waals surface area contributed by atoms with Crippen LogP contribution in [-0.2, 0) is 4.79 Å². The maximum absolute atomic E-state index is 11.4. The minimum atomic E-state index is -1.11. The Hall–Kier alpha value is -2.34. The van der Waals surface area contributed by atoms with Crippen molar-refractivity contribution in [3.05, 3.63) is 58.6 Å². The van der Waals surface area contributed by atoms with E-state index in [1.807, 2.05) is 6.07 Å². The number of rotatable bonds is 5. The summed E-state index contributed by atoms with van der Waals surface area (Å²) in [6.45, 7) is -0.327. The van der Waals surface area contributed by atoms with Crippen molar-refractivity contribution in [2.45, 2.75) is 0 Å². The molecule has 0 aliphatic carbocycles. The second-order valence-electron chi connectivity index (χ2n) is 4.28. The third kappa shape index (κ3) is 3.61. The van der Waals surface area contributed by atoms with E-state index in [0.29, 0.717) is 15.8 Å². The normalized spacial score (nSPS) is 10.1. The van der Waals surface area contributed by atoms with Gasteiger partial charge < -0.3 is 15.1 Å². The SMILES string of the molecule is O=C(O)CN(c1ccccc1)c1ccc(Br)cc1C(=O)O. The molecule has 0 radical (unpaired) electrons. The average molecular weight is 350 g/mol. The number of hydrogen-bond donors (Lipinski definition) is 2. The molecule has 2 N–H and O–H groups in total. The van der Waals surface area contributed by atoms with Crippen molar-refractivity contribution in [2.75, 3.05) is 11.4 Å². The smallest absolute Gasteiger partial charge is 0.337 e. The largest absolute Gasteiger partial charge is 0.480 e.